The van der Waals surface area contributed by atoms with Crippen molar-refractivity contribution in [2.75, 3.05) is 0 Å². The number of hydrogen-bond acceptors (Lipinski definition) is 2. The second kappa shape index (κ2) is 18.8. The average Bonchev–Trinajstić information content (AvgIpc) is 3.40. The molecule has 0 aromatic rings. The molecule has 0 spiro atoms. The number of carbonyl (C=O) groups excluding carboxylic acids is 1. The summed E-state index contributed by atoms with van der Waals surface area (Å²) in [6.45, 7) is 14.8. The molecular formula is C45H72O2. The summed E-state index contributed by atoms with van der Waals surface area (Å²) in [4.78, 5) is 12.8. The zero-order valence-electron chi connectivity index (χ0n) is 31.5. The van der Waals surface area contributed by atoms with Crippen LogP contribution in [0.3, 0.4) is 0 Å². The minimum atomic E-state index is 0.0194. The van der Waals surface area contributed by atoms with Crippen molar-refractivity contribution < 1.29 is 9.53 Å². The van der Waals surface area contributed by atoms with E-state index in [4.69, 9.17) is 4.74 Å². The van der Waals surface area contributed by atoms with Crippen LogP contribution < -0.4 is 0 Å². The molecular weight excluding hydrogens is 572 g/mol. The molecule has 3 fully saturated rings. The summed E-state index contributed by atoms with van der Waals surface area (Å²) in [5.74, 6) is 5.23. The van der Waals surface area contributed by atoms with Crippen LogP contribution in [0.4, 0.5) is 0 Å². The van der Waals surface area contributed by atoms with Gasteiger partial charge >= 0.3 is 5.97 Å². The second-order valence-electron chi connectivity index (χ2n) is 16.9. The third-order valence-electron chi connectivity index (χ3n) is 13.3. The number of hydrogen-bond donors (Lipinski definition) is 0. The number of unbranched alkanes of at least 4 members (excludes halogenated alkanes) is 2. The van der Waals surface area contributed by atoms with Crippen LogP contribution >= 0.6 is 0 Å². The van der Waals surface area contributed by atoms with Gasteiger partial charge in [0, 0.05) is 12.8 Å². The van der Waals surface area contributed by atoms with Gasteiger partial charge in [-0.3, -0.25) is 4.79 Å². The van der Waals surface area contributed by atoms with Crippen molar-refractivity contribution in [2.45, 2.75) is 170 Å². The first kappa shape index (κ1) is 38.0. The predicted molar refractivity (Wildman–Crippen MR) is 202 cm³/mol. The monoisotopic (exact) mass is 645 g/mol. The van der Waals surface area contributed by atoms with Crippen molar-refractivity contribution in [1.29, 1.82) is 0 Å². The minimum Gasteiger partial charge on any atom is -0.462 e. The van der Waals surface area contributed by atoms with Crippen LogP contribution in [0.15, 0.2) is 60.3 Å². The molecule has 0 aliphatic heterocycles. The Labute approximate surface area is 291 Å². The van der Waals surface area contributed by atoms with E-state index in [0.29, 0.717) is 17.3 Å². The number of fused-ring (bicyclic) bond motifs is 5. The average molecular weight is 645 g/mol. The number of rotatable bonds is 18. The SMILES string of the molecule is CC/C=C/C/C=C/C/C=C/C/C=C/CCCCC(=O)O[C@H]1CC[C@@]2(C)C(=CC[C@H]3[C@@H]4CC[C@H]([C@H](C)CCCC(C)C)[C@@]4(C)CC[C@@H]32)C1. The third kappa shape index (κ3) is 10.3. The first-order chi connectivity index (χ1) is 22.7. The maximum atomic E-state index is 12.8. The van der Waals surface area contributed by atoms with E-state index < -0.39 is 0 Å². The third-order valence-corrected chi connectivity index (χ3v) is 13.3. The molecule has 0 radical (unpaired) electrons. The van der Waals surface area contributed by atoms with Gasteiger partial charge < -0.3 is 4.74 Å². The van der Waals surface area contributed by atoms with Crippen LogP contribution in [0.5, 0.6) is 0 Å². The first-order valence-corrected chi connectivity index (χ1v) is 20.2. The zero-order valence-corrected chi connectivity index (χ0v) is 31.5. The zero-order chi connectivity index (χ0) is 33.7. The Bertz CT molecular complexity index is 1110. The van der Waals surface area contributed by atoms with E-state index in [0.717, 1.165) is 93.3 Å². The molecule has 0 heterocycles. The van der Waals surface area contributed by atoms with Gasteiger partial charge in [-0.1, -0.05) is 121 Å². The summed E-state index contributed by atoms with van der Waals surface area (Å²) in [5, 5.41) is 0. The number of allylic oxidation sites excluding steroid dienone is 9. The summed E-state index contributed by atoms with van der Waals surface area (Å²) >= 11 is 0. The molecule has 4 aliphatic carbocycles. The topological polar surface area (TPSA) is 26.3 Å². The smallest absolute Gasteiger partial charge is 0.306 e. The van der Waals surface area contributed by atoms with Crippen LogP contribution in [0, 0.1) is 46.3 Å². The summed E-state index contributed by atoms with van der Waals surface area (Å²) in [7, 11) is 0. The highest BCUT2D eigenvalue weighted by molar-refractivity contribution is 5.69. The summed E-state index contributed by atoms with van der Waals surface area (Å²) in [5.41, 5.74) is 2.49. The van der Waals surface area contributed by atoms with Gasteiger partial charge in [-0.15, -0.1) is 0 Å². The van der Waals surface area contributed by atoms with Gasteiger partial charge in [0.1, 0.15) is 6.10 Å². The summed E-state index contributed by atoms with van der Waals surface area (Å²) in [6.07, 6.45) is 42.8. The van der Waals surface area contributed by atoms with Crippen molar-refractivity contribution in [3.05, 3.63) is 60.3 Å². The maximum absolute atomic E-state index is 12.8. The second-order valence-corrected chi connectivity index (χ2v) is 16.9. The van der Waals surface area contributed by atoms with E-state index in [1.54, 1.807) is 5.57 Å². The van der Waals surface area contributed by atoms with Gasteiger partial charge in [-0.25, -0.2) is 0 Å². The fourth-order valence-electron chi connectivity index (χ4n) is 10.6. The molecule has 4 aliphatic rings. The minimum absolute atomic E-state index is 0.0194. The van der Waals surface area contributed by atoms with Crippen molar-refractivity contribution in [3.8, 4) is 0 Å². The van der Waals surface area contributed by atoms with Gasteiger partial charge in [0.15, 0.2) is 0 Å². The molecule has 0 bridgehead atoms. The van der Waals surface area contributed by atoms with Gasteiger partial charge in [0.05, 0.1) is 0 Å². The van der Waals surface area contributed by atoms with E-state index in [9.17, 15) is 4.79 Å². The summed E-state index contributed by atoms with van der Waals surface area (Å²) in [6, 6.07) is 0. The lowest BCUT2D eigenvalue weighted by Gasteiger charge is -2.58. The highest BCUT2D eigenvalue weighted by Gasteiger charge is 2.59. The molecule has 47 heavy (non-hydrogen) atoms. The maximum Gasteiger partial charge on any atom is 0.306 e. The Morgan fingerprint density at radius 1 is 0.830 bits per heavy atom. The van der Waals surface area contributed by atoms with Gasteiger partial charge in [-0.05, 0) is 136 Å². The quantitative estimate of drug-likeness (QED) is 0.0843. The molecule has 0 saturated heterocycles. The Hall–Kier alpha value is -1.83. The Morgan fingerprint density at radius 2 is 1.53 bits per heavy atom. The van der Waals surface area contributed by atoms with Gasteiger partial charge in [0.2, 0.25) is 0 Å². The first-order valence-electron chi connectivity index (χ1n) is 20.2. The van der Waals surface area contributed by atoms with E-state index >= 15 is 0 Å². The van der Waals surface area contributed by atoms with E-state index in [1.165, 1.54) is 57.8 Å². The van der Waals surface area contributed by atoms with Crippen molar-refractivity contribution >= 4 is 5.97 Å². The Morgan fingerprint density at radius 3 is 2.23 bits per heavy atom. The van der Waals surface area contributed by atoms with Crippen LogP contribution in [0.2, 0.25) is 0 Å². The summed E-state index contributed by atoms with van der Waals surface area (Å²) < 4.78 is 6.10. The normalized spacial score (nSPS) is 33.1. The van der Waals surface area contributed by atoms with E-state index in [2.05, 4.69) is 96.2 Å². The van der Waals surface area contributed by atoms with Crippen LogP contribution in [0.25, 0.3) is 0 Å². The molecule has 4 rings (SSSR count). The molecule has 2 nitrogen and oxygen atoms in total. The van der Waals surface area contributed by atoms with Crippen molar-refractivity contribution in [1.82, 2.24) is 0 Å². The lowest BCUT2D eigenvalue weighted by molar-refractivity contribution is -0.151. The number of esters is 1. The van der Waals surface area contributed by atoms with E-state index in [1.807, 2.05) is 0 Å². The Balaban J connectivity index is 1.15. The molecule has 2 heteroatoms. The molecule has 0 amide bonds. The largest absolute Gasteiger partial charge is 0.462 e. The molecule has 0 aromatic carbocycles. The van der Waals surface area contributed by atoms with Gasteiger partial charge in [0.25, 0.3) is 0 Å². The predicted octanol–water partition coefficient (Wildman–Crippen LogP) is 13.3. The molecule has 0 aromatic heterocycles. The van der Waals surface area contributed by atoms with Gasteiger partial charge in [-0.2, -0.15) is 0 Å². The lowest BCUT2D eigenvalue weighted by Crippen LogP contribution is -2.51. The molecule has 0 unspecified atom stereocenters. The molecule has 264 valence electrons. The Kier molecular flexibility index (Phi) is 15.2. The number of ether oxygens (including phenoxy) is 1. The molecule has 8 atom stereocenters. The van der Waals surface area contributed by atoms with Crippen molar-refractivity contribution in [3.63, 3.8) is 0 Å². The standard InChI is InChI=1S/C45H72O2/c1-7-8-9-10-11-12-13-14-15-16-17-18-19-20-21-25-43(46)47-38-30-32-44(5)37(34-38)26-27-39-41-29-28-40(36(4)24-22-23-35(2)3)45(41,6)33-31-42(39)44/h8-9,11-12,14-15,17-18,26,35-36,38-42H,7,10,13,16,19-25,27-34H2,1-6H3/b9-8+,12-11+,15-14+,18-17+/t36-,38+,39+,40-,41+,42+,44+,45-/m1/s1. The van der Waals surface area contributed by atoms with Crippen LogP contribution in [-0.4, -0.2) is 12.1 Å². The molecule has 3 saturated carbocycles. The highest BCUT2D eigenvalue weighted by Crippen LogP contribution is 2.67. The van der Waals surface area contributed by atoms with Crippen LogP contribution in [-0.2, 0) is 9.53 Å². The van der Waals surface area contributed by atoms with E-state index in [-0.39, 0.29) is 12.1 Å². The fraction of sp³-hybridized carbons (Fsp3) is 0.756. The lowest BCUT2D eigenvalue weighted by atomic mass is 9.47. The number of carbonyl (C=O) groups is 1. The fourth-order valence-corrected chi connectivity index (χ4v) is 10.6. The van der Waals surface area contributed by atoms with Crippen LogP contribution in [0.1, 0.15) is 164 Å². The molecule has 0 N–H and O–H groups in total. The highest BCUT2D eigenvalue weighted by atomic mass is 16.5. The van der Waals surface area contributed by atoms with Crippen molar-refractivity contribution in [2.24, 2.45) is 46.3 Å².